The molecule has 5 heteroatoms. The van der Waals surface area contributed by atoms with E-state index < -0.39 is 12.6 Å². The van der Waals surface area contributed by atoms with Crippen LogP contribution in [-0.2, 0) is 6.42 Å². The second-order valence-electron chi connectivity index (χ2n) is 2.50. The predicted molar refractivity (Wildman–Crippen MR) is 41.2 cm³/mol. The van der Waals surface area contributed by atoms with E-state index in [9.17, 15) is 13.2 Å². The molecule has 0 saturated carbocycles. The minimum Gasteiger partial charge on any atom is -0.247 e. The Labute approximate surface area is 72.2 Å². The van der Waals surface area contributed by atoms with Gasteiger partial charge in [0.05, 0.1) is 5.01 Å². The number of hydrogen-bond acceptors (Lipinski definition) is 2. The van der Waals surface area contributed by atoms with Crippen molar-refractivity contribution in [1.29, 1.82) is 0 Å². The van der Waals surface area contributed by atoms with Crippen LogP contribution in [0.5, 0.6) is 0 Å². The number of nitrogens with zero attached hydrogens (tertiary/aromatic N) is 1. The first-order chi connectivity index (χ1) is 5.47. The van der Waals surface area contributed by atoms with E-state index >= 15 is 0 Å². The van der Waals surface area contributed by atoms with Crippen molar-refractivity contribution < 1.29 is 13.2 Å². The number of aromatic nitrogens is 1. The average Bonchev–Trinajstić information content (AvgIpc) is 2.30. The van der Waals surface area contributed by atoms with Gasteiger partial charge in [0.25, 0.3) is 0 Å². The summed E-state index contributed by atoms with van der Waals surface area (Å²) in [5, 5.41) is 2.32. The van der Waals surface area contributed by atoms with Crippen LogP contribution in [0.4, 0.5) is 13.2 Å². The average molecular weight is 195 g/mol. The summed E-state index contributed by atoms with van der Waals surface area (Å²) in [7, 11) is 0. The van der Waals surface area contributed by atoms with Crippen LogP contribution in [0.1, 0.15) is 17.1 Å². The fourth-order valence-electron chi connectivity index (χ4n) is 0.766. The van der Waals surface area contributed by atoms with Gasteiger partial charge in [-0.1, -0.05) is 0 Å². The molecule has 0 aliphatic heterocycles. The SMILES string of the molecule is Cc1csc(CCC(F)(F)F)n1. The van der Waals surface area contributed by atoms with E-state index in [1.807, 2.05) is 0 Å². The molecule has 0 saturated heterocycles. The van der Waals surface area contributed by atoms with E-state index in [-0.39, 0.29) is 6.42 Å². The van der Waals surface area contributed by atoms with E-state index in [0.29, 0.717) is 5.01 Å². The van der Waals surface area contributed by atoms with Crippen LogP contribution in [0, 0.1) is 6.92 Å². The Morgan fingerprint density at radius 2 is 2.17 bits per heavy atom. The largest absolute Gasteiger partial charge is 0.389 e. The third kappa shape index (κ3) is 3.21. The van der Waals surface area contributed by atoms with Crippen LogP contribution in [0.15, 0.2) is 5.38 Å². The van der Waals surface area contributed by atoms with Crippen LogP contribution >= 0.6 is 11.3 Å². The maximum absolute atomic E-state index is 11.7. The minimum absolute atomic E-state index is 0.00199. The summed E-state index contributed by atoms with van der Waals surface area (Å²) in [6.45, 7) is 1.77. The van der Waals surface area contributed by atoms with Crippen LogP contribution in [0.2, 0.25) is 0 Å². The molecule has 1 heterocycles. The molecule has 0 atom stereocenters. The number of aryl methyl sites for hydroxylation is 2. The van der Waals surface area contributed by atoms with Crippen LogP contribution < -0.4 is 0 Å². The van der Waals surface area contributed by atoms with Crippen molar-refractivity contribution in [2.75, 3.05) is 0 Å². The highest BCUT2D eigenvalue weighted by molar-refractivity contribution is 7.09. The van der Waals surface area contributed by atoms with Gasteiger partial charge < -0.3 is 0 Å². The molecule has 1 rings (SSSR count). The van der Waals surface area contributed by atoms with Crippen LogP contribution in [-0.4, -0.2) is 11.2 Å². The summed E-state index contributed by atoms with van der Waals surface area (Å²) in [6, 6.07) is 0. The second kappa shape index (κ2) is 3.43. The Bertz CT molecular complexity index is 253. The summed E-state index contributed by atoms with van der Waals surface area (Å²) < 4.78 is 35.2. The van der Waals surface area contributed by atoms with Crippen molar-refractivity contribution in [3.63, 3.8) is 0 Å². The van der Waals surface area contributed by atoms with Gasteiger partial charge in [0, 0.05) is 23.9 Å². The van der Waals surface area contributed by atoms with Gasteiger partial charge >= 0.3 is 6.18 Å². The molecule has 68 valence electrons. The summed E-state index contributed by atoms with van der Waals surface area (Å²) in [6.07, 6.45) is -4.85. The standard InChI is InChI=1S/C7H8F3NS/c1-5-4-12-6(11-5)2-3-7(8,9)10/h4H,2-3H2,1H3. The molecule has 0 aliphatic rings. The topological polar surface area (TPSA) is 12.9 Å². The quantitative estimate of drug-likeness (QED) is 0.707. The highest BCUT2D eigenvalue weighted by Crippen LogP contribution is 2.23. The zero-order chi connectivity index (χ0) is 9.19. The van der Waals surface area contributed by atoms with E-state index in [1.54, 1.807) is 12.3 Å². The summed E-state index contributed by atoms with van der Waals surface area (Å²) >= 11 is 1.28. The third-order valence-corrected chi connectivity index (χ3v) is 2.32. The molecule has 1 nitrogen and oxygen atoms in total. The third-order valence-electron chi connectivity index (χ3n) is 1.29. The van der Waals surface area contributed by atoms with Crippen molar-refractivity contribution >= 4 is 11.3 Å². The number of hydrogen-bond donors (Lipinski definition) is 0. The molecule has 0 aromatic carbocycles. The maximum atomic E-state index is 11.7. The maximum Gasteiger partial charge on any atom is 0.389 e. The zero-order valence-corrected chi connectivity index (χ0v) is 7.30. The number of thiazole rings is 1. The van der Waals surface area contributed by atoms with Gasteiger partial charge in [0.15, 0.2) is 0 Å². The smallest absolute Gasteiger partial charge is 0.247 e. The van der Waals surface area contributed by atoms with Gasteiger partial charge in [-0.15, -0.1) is 11.3 Å². The molecular formula is C7H8F3NS. The summed E-state index contributed by atoms with van der Waals surface area (Å²) in [5.74, 6) is 0. The van der Waals surface area contributed by atoms with E-state index in [1.165, 1.54) is 11.3 Å². The van der Waals surface area contributed by atoms with Gasteiger partial charge in [0.1, 0.15) is 0 Å². The molecule has 0 amide bonds. The van der Waals surface area contributed by atoms with Gasteiger partial charge in [-0.3, -0.25) is 0 Å². The van der Waals surface area contributed by atoms with Crippen molar-refractivity contribution in [1.82, 2.24) is 4.98 Å². The first kappa shape index (κ1) is 9.51. The molecule has 0 radical (unpaired) electrons. The first-order valence-corrected chi connectivity index (χ1v) is 4.33. The van der Waals surface area contributed by atoms with Crippen molar-refractivity contribution in [3.8, 4) is 0 Å². The van der Waals surface area contributed by atoms with Gasteiger partial charge in [-0.05, 0) is 6.92 Å². The fraction of sp³-hybridized carbons (Fsp3) is 0.571. The molecule has 0 fully saturated rings. The molecule has 1 aromatic rings. The highest BCUT2D eigenvalue weighted by atomic mass is 32.1. The van der Waals surface area contributed by atoms with E-state index in [4.69, 9.17) is 0 Å². The minimum atomic E-state index is -4.07. The first-order valence-electron chi connectivity index (χ1n) is 3.45. The number of alkyl halides is 3. The highest BCUT2D eigenvalue weighted by Gasteiger charge is 2.26. The Kier molecular flexibility index (Phi) is 2.72. The van der Waals surface area contributed by atoms with Gasteiger partial charge in [-0.25, -0.2) is 4.98 Å². The molecule has 1 aromatic heterocycles. The fourth-order valence-corrected chi connectivity index (χ4v) is 1.54. The van der Waals surface area contributed by atoms with Crippen molar-refractivity contribution in [2.45, 2.75) is 25.9 Å². The van der Waals surface area contributed by atoms with E-state index in [0.717, 1.165) is 5.69 Å². The van der Waals surface area contributed by atoms with Gasteiger partial charge in [0.2, 0.25) is 0 Å². The molecular weight excluding hydrogens is 187 g/mol. The van der Waals surface area contributed by atoms with Gasteiger partial charge in [-0.2, -0.15) is 13.2 Å². The second-order valence-corrected chi connectivity index (χ2v) is 3.44. The summed E-state index contributed by atoms with van der Waals surface area (Å²) in [4.78, 5) is 3.93. The lowest BCUT2D eigenvalue weighted by molar-refractivity contribution is -0.134. The van der Waals surface area contributed by atoms with Crippen molar-refractivity contribution in [2.24, 2.45) is 0 Å². The number of rotatable bonds is 2. The zero-order valence-electron chi connectivity index (χ0n) is 6.48. The lowest BCUT2D eigenvalue weighted by Crippen LogP contribution is -2.08. The number of halogens is 3. The van der Waals surface area contributed by atoms with Crippen LogP contribution in [0.25, 0.3) is 0 Å². The molecule has 0 bridgehead atoms. The van der Waals surface area contributed by atoms with Crippen molar-refractivity contribution in [3.05, 3.63) is 16.1 Å². The van der Waals surface area contributed by atoms with Crippen LogP contribution in [0.3, 0.4) is 0 Å². The molecule has 0 N–H and O–H groups in total. The Morgan fingerprint density at radius 3 is 2.58 bits per heavy atom. The molecule has 0 spiro atoms. The Balaban J connectivity index is 2.44. The molecule has 12 heavy (non-hydrogen) atoms. The predicted octanol–water partition coefficient (Wildman–Crippen LogP) is 2.95. The molecule has 0 unspecified atom stereocenters. The van der Waals surface area contributed by atoms with E-state index in [2.05, 4.69) is 4.98 Å². The Hall–Kier alpha value is -0.580. The lowest BCUT2D eigenvalue weighted by atomic mass is 10.3. The normalized spacial score (nSPS) is 12.0. The summed E-state index contributed by atoms with van der Waals surface area (Å²) in [5.41, 5.74) is 0.789. The monoisotopic (exact) mass is 195 g/mol. The molecule has 0 aliphatic carbocycles. The lowest BCUT2D eigenvalue weighted by Gasteiger charge is -2.02. The Morgan fingerprint density at radius 1 is 1.50 bits per heavy atom.